The second-order valence-corrected chi connectivity index (χ2v) is 32.6. The predicted molar refractivity (Wildman–Crippen MR) is 420 cm³/mol. The molecule has 0 aliphatic carbocycles. The Kier molecular flexibility index (Phi) is 36.7. The fourth-order valence-electron chi connectivity index (χ4n) is 14.2. The Morgan fingerprint density at radius 2 is 0.646 bits per heavy atom. The third-order valence-corrected chi connectivity index (χ3v) is 21.8. The number of ether oxygens (including phenoxy) is 16. The van der Waals surface area contributed by atoms with E-state index in [1.807, 2.05) is 0 Å². The molecule has 6 aromatic rings. The maximum Gasteiger partial charge on any atom is 0.397 e. The van der Waals surface area contributed by atoms with Crippen molar-refractivity contribution in [3.05, 3.63) is 247 Å². The van der Waals surface area contributed by atoms with Crippen LogP contribution in [0, 0.1) is 0 Å². The summed E-state index contributed by atoms with van der Waals surface area (Å²) in [7, 11) is -21.4. The number of hydrogen-bond donors (Lipinski definition) is 7. The van der Waals surface area contributed by atoms with Gasteiger partial charge >= 0.3 is 53.5 Å². The van der Waals surface area contributed by atoms with Crippen LogP contribution in [-0.4, -0.2) is 260 Å². The summed E-state index contributed by atoms with van der Waals surface area (Å²) >= 11 is -0.346. The molecule has 6 aromatic carbocycles. The van der Waals surface area contributed by atoms with E-state index < -0.39 is 253 Å². The Labute approximate surface area is 727 Å². The summed E-state index contributed by atoms with van der Waals surface area (Å²) in [5, 5.41) is 48.2. The number of benzene rings is 6. The molecule has 5 aliphatic rings. The maximum absolute atomic E-state index is 14.5. The minimum absolute atomic E-state index is 0.197. The van der Waals surface area contributed by atoms with Crippen molar-refractivity contribution in [2.75, 3.05) is 26.9 Å². The van der Waals surface area contributed by atoms with Gasteiger partial charge in [0, 0.05) is 21.8 Å². The second-order valence-electron chi connectivity index (χ2n) is 27.8. The van der Waals surface area contributed by atoms with Crippen molar-refractivity contribution in [1.29, 1.82) is 0 Å². The molecule has 0 amide bonds. The first kappa shape index (κ1) is 98.8. The van der Waals surface area contributed by atoms with E-state index in [0.717, 1.165) is 7.11 Å². The van der Waals surface area contributed by atoms with Gasteiger partial charge in [0.15, 0.2) is 62.1 Å². The van der Waals surface area contributed by atoms with Crippen LogP contribution in [0.4, 0.5) is 0 Å². The molecule has 10 unspecified atom stereocenters. The number of azide groups is 3. The van der Waals surface area contributed by atoms with Crippen LogP contribution in [0.1, 0.15) is 33.4 Å². The van der Waals surface area contributed by atoms with Gasteiger partial charge in [0.25, 0.3) is 0 Å². The zero-order valence-corrected chi connectivity index (χ0v) is 69.9. The largest absolute Gasteiger partial charge is 0.479 e. The molecular formula is C73H83N9O40S5. The molecule has 5 saturated heterocycles. The quantitative estimate of drug-likeness (QED) is 0.00312. The molecule has 49 nitrogen and oxygen atoms in total. The van der Waals surface area contributed by atoms with Gasteiger partial charge in [-0.3, -0.25) is 22.4 Å². The summed E-state index contributed by atoms with van der Waals surface area (Å²) in [4.78, 5) is 37.6. The van der Waals surface area contributed by atoms with Crippen molar-refractivity contribution < 1.29 is 183 Å². The highest BCUT2D eigenvalue weighted by Crippen LogP contribution is 2.43. The number of aliphatic carboxylic acids is 2. The van der Waals surface area contributed by atoms with Crippen LogP contribution in [0.2, 0.25) is 0 Å². The van der Waals surface area contributed by atoms with Crippen LogP contribution < -0.4 is 0 Å². The van der Waals surface area contributed by atoms with Gasteiger partial charge in [-0.2, -0.15) is 33.7 Å². The predicted octanol–water partition coefficient (Wildman–Crippen LogP) is 6.53. The molecule has 5 fully saturated rings. The summed E-state index contributed by atoms with van der Waals surface area (Å²) in [6.45, 7) is -6.72. The van der Waals surface area contributed by atoms with E-state index in [4.69, 9.17) is 96.7 Å². The molecular weight excluding hydrogens is 1800 g/mol. The topological polar surface area (TPSA) is 671 Å². The van der Waals surface area contributed by atoms with E-state index >= 15 is 0 Å². The first-order valence-corrected chi connectivity index (χ1v) is 43.8. The molecule has 0 bridgehead atoms. The molecule has 7 N–H and O–H groups in total. The molecule has 25 atom stereocenters. The van der Waals surface area contributed by atoms with Crippen molar-refractivity contribution >= 4 is 65.9 Å². The van der Waals surface area contributed by atoms with Gasteiger partial charge in [0.05, 0.1) is 59.5 Å². The summed E-state index contributed by atoms with van der Waals surface area (Å²) in [6.07, 6.45) is -48.9. The number of rotatable bonds is 47. The van der Waals surface area contributed by atoms with Gasteiger partial charge in [-0.05, 0) is 50.0 Å². The van der Waals surface area contributed by atoms with Crippen molar-refractivity contribution in [2.24, 2.45) is 15.3 Å². The first-order valence-electron chi connectivity index (χ1n) is 37.7. The molecule has 690 valence electrons. The molecule has 0 radical (unpaired) electrons. The Balaban J connectivity index is 1.02. The fourth-order valence-corrected chi connectivity index (χ4v) is 15.9. The molecule has 5 aliphatic heterocycles. The number of nitrogens with zero attached hydrogens (tertiary/aromatic N) is 9. The summed E-state index contributed by atoms with van der Waals surface area (Å²) in [6, 6.07) is 42.2. The van der Waals surface area contributed by atoms with Crippen LogP contribution >= 0.6 is 12.3 Å². The Bertz CT molecular complexity index is 5130. The van der Waals surface area contributed by atoms with E-state index in [0.29, 0.717) is 27.8 Å². The average Bonchev–Trinajstić information content (AvgIpc) is 0.753. The molecule has 0 spiro atoms. The highest BCUT2D eigenvalue weighted by atomic mass is 32.3. The summed E-state index contributed by atoms with van der Waals surface area (Å²) in [5.74, 6) is -4.08. The lowest BCUT2D eigenvalue weighted by Crippen LogP contribution is -2.69. The molecule has 0 aromatic heterocycles. The lowest BCUT2D eigenvalue weighted by molar-refractivity contribution is -0.435. The standard InChI is InChI=1S/C73H83N9O40S5/c1-100-69-50(77-80-74)57(103-34-43-24-12-4-13-25-43)54(48(110-69)39-108-125(91,92)93)113-73-66(120-127(97,98)99)60(105-36-45-28-16-6-17-29-45)62(64(118-73)68(85)86)116-71-52(79-82-76)58(119-123-122-121-87)55(49(112-71)40-109-126(94,95)96)114-72-65(106-37-46-30-18-7-19-31-46)59(104-35-44-26-14-5-15-27-44)61(63(117-72)67(83)84)115-70-51(78-81-75)56(102-33-42-22-10-3-11-23-42)53(47(111-70)38-107-124(88,89)90)101-32-41-20-8-2-9-21-41/h2-31,47-66,69-73,87H,32-40H2,1H3,(H,83,84)(H,85,86)(H,88,89,90)(H,91,92,93)(H,94,95,96)(H,97,98,99)/t47?,48?,49?,50?,51?,52?,53-,54-,55-,56+,57+,58+,59-,60+,61+,62+,63?,64?,65?,66?,69+,70-,71-,72+,73+/m0/s1. The number of hydrogen-bond acceptors (Lipinski definition) is 38. The van der Waals surface area contributed by atoms with Crippen LogP contribution in [0.25, 0.3) is 31.3 Å². The van der Waals surface area contributed by atoms with Crippen LogP contribution in [0.3, 0.4) is 0 Å². The zero-order valence-electron chi connectivity index (χ0n) is 65.8. The molecule has 11 rings (SSSR count). The van der Waals surface area contributed by atoms with Crippen LogP contribution in [0.5, 0.6) is 0 Å². The zero-order chi connectivity index (χ0) is 90.8. The van der Waals surface area contributed by atoms with Crippen molar-refractivity contribution in [3.63, 3.8) is 0 Å². The summed E-state index contributed by atoms with van der Waals surface area (Å²) in [5.41, 5.74) is 33.5. The number of methoxy groups -OCH3 is 1. The lowest BCUT2D eigenvalue weighted by atomic mass is 9.93. The van der Waals surface area contributed by atoms with E-state index in [-0.39, 0.29) is 31.1 Å². The normalized spacial score (nSPS) is 30.0. The third kappa shape index (κ3) is 28.9. The van der Waals surface area contributed by atoms with E-state index in [1.165, 1.54) is 24.3 Å². The Morgan fingerprint density at radius 3 is 0.976 bits per heavy atom. The maximum atomic E-state index is 14.5. The van der Waals surface area contributed by atoms with Gasteiger partial charge in [-0.15, -0.1) is 4.33 Å². The molecule has 5 heterocycles. The third-order valence-electron chi connectivity index (χ3n) is 19.6. The van der Waals surface area contributed by atoms with Gasteiger partial charge in [-0.25, -0.2) is 31.6 Å². The minimum Gasteiger partial charge on any atom is -0.479 e. The molecule has 54 heteroatoms. The minimum atomic E-state index is -5.99. The monoisotopic (exact) mass is 1890 g/mol. The highest BCUT2D eigenvalue weighted by Gasteiger charge is 2.62. The molecule has 0 saturated carbocycles. The lowest BCUT2D eigenvalue weighted by Gasteiger charge is -2.51. The SMILES string of the molecule is CO[C@@H]1OC(COS(=O)(=O)O)[C@H](O[C@@H]2OC(C(=O)O)[C@H](O[C@@H]3OC(COS(=O)(=O)O)[C@H](O[C@@H]4OC(C(=O)O)[C@H](O[C@@H]5OC(COS(=O)(=O)O)[C@H](OCc6ccccc6)[C@H](OCc6ccccc6)C5N=[N+]=[N-])[C@H](OCc5ccccc5)C4OCc4ccccc4)[C@H](OSOOO)C3N=[N+]=[N-])[C@@H](OCc3ccccc3)C2OS(=O)(=O)O)[C@H](OCc2ccccc2)C1N=[N+]=[N-]. The number of carboxylic acids is 2. The second kappa shape index (κ2) is 47.2. The van der Waals surface area contributed by atoms with Crippen LogP contribution in [0.15, 0.2) is 197 Å². The fraction of sp³-hybridized carbons (Fsp3) is 0.479. The molecule has 127 heavy (non-hydrogen) atoms. The average molecular weight is 1890 g/mol. The van der Waals surface area contributed by atoms with E-state index in [9.17, 15) is 93.5 Å². The number of carbonyl (C=O) groups is 2. The van der Waals surface area contributed by atoms with E-state index in [2.05, 4.69) is 39.4 Å². The highest BCUT2D eigenvalue weighted by molar-refractivity contribution is 7.89. The first-order chi connectivity index (χ1) is 60.9. The van der Waals surface area contributed by atoms with E-state index in [1.54, 1.807) is 158 Å². The van der Waals surface area contributed by atoms with Gasteiger partial charge < -0.3 is 86.0 Å². The van der Waals surface area contributed by atoms with Crippen molar-refractivity contribution in [3.8, 4) is 0 Å². The van der Waals surface area contributed by atoms with Gasteiger partial charge in [-0.1, -0.05) is 202 Å². The van der Waals surface area contributed by atoms with Gasteiger partial charge in [0.1, 0.15) is 104 Å². The summed E-state index contributed by atoms with van der Waals surface area (Å²) < 4.78 is 276. The van der Waals surface area contributed by atoms with Crippen molar-refractivity contribution in [2.45, 2.75) is 193 Å². The van der Waals surface area contributed by atoms with Gasteiger partial charge in [0.2, 0.25) is 0 Å². The Morgan fingerprint density at radius 1 is 0.362 bits per heavy atom. The van der Waals surface area contributed by atoms with Crippen LogP contribution in [-0.2, 0) is 197 Å². The smallest absolute Gasteiger partial charge is 0.397 e. The van der Waals surface area contributed by atoms with Crippen molar-refractivity contribution in [1.82, 2.24) is 0 Å². The number of carboxylic acid groups (broad SMARTS) is 2. The Hall–Kier alpha value is -8.78.